The van der Waals surface area contributed by atoms with Crippen molar-refractivity contribution in [2.24, 2.45) is 0 Å². The number of amides is 1. The standard InChI is InChI=1S/C13H15NO4/c15-12(8-11-5-2-6-18-11)14-10-4-1-3-9(7-10)13(16)17/h1,3-4,7,11H,2,5-6,8H2,(H,14,15)(H,16,17). The molecule has 0 spiro atoms. The number of carbonyl (C=O) groups excluding carboxylic acids is 1. The first-order chi connectivity index (χ1) is 8.65. The molecule has 1 aromatic rings. The molecule has 1 atom stereocenters. The van der Waals surface area contributed by atoms with E-state index in [1.165, 1.54) is 12.1 Å². The zero-order valence-corrected chi connectivity index (χ0v) is 9.89. The number of nitrogens with one attached hydrogen (secondary N) is 1. The van der Waals surface area contributed by atoms with Crippen molar-refractivity contribution in [3.63, 3.8) is 0 Å². The average Bonchev–Trinajstić information content (AvgIpc) is 2.82. The van der Waals surface area contributed by atoms with Crippen LogP contribution in [0.3, 0.4) is 0 Å². The molecule has 5 heteroatoms. The highest BCUT2D eigenvalue weighted by atomic mass is 16.5. The number of carboxylic acids is 1. The Bertz CT molecular complexity index is 452. The van der Waals surface area contributed by atoms with Crippen molar-refractivity contribution in [2.75, 3.05) is 11.9 Å². The van der Waals surface area contributed by atoms with Crippen molar-refractivity contribution in [1.82, 2.24) is 0 Å². The summed E-state index contributed by atoms with van der Waals surface area (Å²) in [5.41, 5.74) is 0.655. The second-order valence-electron chi connectivity index (χ2n) is 4.27. The molecule has 1 aliphatic heterocycles. The maximum atomic E-state index is 11.7. The van der Waals surface area contributed by atoms with Gasteiger partial charge >= 0.3 is 5.97 Å². The number of hydrogen-bond donors (Lipinski definition) is 2. The summed E-state index contributed by atoms with van der Waals surface area (Å²) in [7, 11) is 0. The molecule has 0 bridgehead atoms. The Labute approximate surface area is 105 Å². The van der Waals surface area contributed by atoms with E-state index in [2.05, 4.69) is 5.32 Å². The first kappa shape index (κ1) is 12.6. The van der Waals surface area contributed by atoms with Crippen molar-refractivity contribution in [3.8, 4) is 0 Å². The van der Waals surface area contributed by atoms with Crippen LogP contribution in [0.2, 0.25) is 0 Å². The molecule has 1 aliphatic rings. The van der Waals surface area contributed by atoms with Gasteiger partial charge < -0.3 is 15.2 Å². The molecule has 1 heterocycles. The van der Waals surface area contributed by atoms with Crippen molar-refractivity contribution in [3.05, 3.63) is 29.8 Å². The molecule has 1 fully saturated rings. The minimum absolute atomic E-state index is 0.00680. The van der Waals surface area contributed by atoms with Crippen LogP contribution in [0.1, 0.15) is 29.6 Å². The topological polar surface area (TPSA) is 75.6 Å². The lowest BCUT2D eigenvalue weighted by Gasteiger charge is -2.10. The Morgan fingerprint density at radius 2 is 2.28 bits per heavy atom. The lowest BCUT2D eigenvalue weighted by atomic mass is 10.1. The molecule has 1 unspecified atom stereocenters. The number of aromatic carboxylic acids is 1. The fourth-order valence-corrected chi connectivity index (χ4v) is 1.95. The van der Waals surface area contributed by atoms with E-state index in [0.29, 0.717) is 18.7 Å². The molecular weight excluding hydrogens is 234 g/mol. The number of carboxylic acid groups (broad SMARTS) is 1. The van der Waals surface area contributed by atoms with Crippen molar-refractivity contribution >= 4 is 17.6 Å². The fraction of sp³-hybridized carbons (Fsp3) is 0.385. The van der Waals surface area contributed by atoms with Crippen molar-refractivity contribution in [1.29, 1.82) is 0 Å². The van der Waals surface area contributed by atoms with Gasteiger partial charge in [0.25, 0.3) is 0 Å². The van der Waals surface area contributed by atoms with E-state index in [9.17, 15) is 9.59 Å². The molecule has 0 saturated carbocycles. The lowest BCUT2D eigenvalue weighted by Crippen LogP contribution is -2.19. The van der Waals surface area contributed by atoms with Gasteiger partial charge in [0.1, 0.15) is 0 Å². The molecule has 2 rings (SSSR count). The monoisotopic (exact) mass is 249 g/mol. The van der Waals surface area contributed by atoms with E-state index < -0.39 is 5.97 Å². The Morgan fingerprint density at radius 3 is 2.94 bits per heavy atom. The van der Waals surface area contributed by atoms with Crippen LogP contribution in [0.4, 0.5) is 5.69 Å². The van der Waals surface area contributed by atoms with Gasteiger partial charge in [0, 0.05) is 12.3 Å². The molecule has 2 N–H and O–H groups in total. The summed E-state index contributed by atoms with van der Waals surface area (Å²) < 4.78 is 5.37. The molecule has 0 aromatic heterocycles. The van der Waals surface area contributed by atoms with Gasteiger partial charge in [0.05, 0.1) is 18.1 Å². The number of hydrogen-bond acceptors (Lipinski definition) is 3. The summed E-state index contributed by atoms with van der Waals surface area (Å²) in [6.07, 6.45) is 2.21. The van der Waals surface area contributed by atoms with E-state index >= 15 is 0 Å². The highest BCUT2D eigenvalue weighted by Crippen LogP contribution is 2.17. The maximum Gasteiger partial charge on any atom is 0.335 e. The van der Waals surface area contributed by atoms with E-state index in [0.717, 1.165) is 12.8 Å². The summed E-state index contributed by atoms with van der Waals surface area (Å²) >= 11 is 0. The predicted octanol–water partition coefficient (Wildman–Crippen LogP) is 1.89. The van der Waals surface area contributed by atoms with Crippen molar-refractivity contribution < 1.29 is 19.4 Å². The molecular formula is C13H15NO4. The molecule has 1 saturated heterocycles. The van der Waals surface area contributed by atoms with Crippen molar-refractivity contribution in [2.45, 2.75) is 25.4 Å². The van der Waals surface area contributed by atoms with Gasteiger partial charge in [-0.3, -0.25) is 4.79 Å². The van der Waals surface area contributed by atoms with E-state index in [-0.39, 0.29) is 17.6 Å². The van der Waals surface area contributed by atoms with Crippen LogP contribution in [-0.2, 0) is 9.53 Å². The third-order valence-corrected chi connectivity index (χ3v) is 2.83. The number of carbonyl (C=O) groups is 2. The number of rotatable bonds is 4. The van der Waals surface area contributed by atoms with E-state index in [4.69, 9.17) is 9.84 Å². The first-order valence-electron chi connectivity index (χ1n) is 5.90. The Morgan fingerprint density at radius 1 is 1.44 bits per heavy atom. The molecule has 0 aliphatic carbocycles. The molecule has 1 amide bonds. The molecule has 5 nitrogen and oxygen atoms in total. The van der Waals surface area contributed by atoms with Crippen LogP contribution in [0.15, 0.2) is 24.3 Å². The zero-order valence-electron chi connectivity index (χ0n) is 9.89. The van der Waals surface area contributed by atoms with Gasteiger partial charge in [0.15, 0.2) is 0 Å². The fourth-order valence-electron chi connectivity index (χ4n) is 1.95. The summed E-state index contributed by atoms with van der Waals surface area (Å²) in [6.45, 7) is 0.715. The second kappa shape index (κ2) is 5.64. The Kier molecular flexibility index (Phi) is 3.94. The third kappa shape index (κ3) is 3.30. The summed E-state index contributed by atoms with van der Waals surface area (Å²) in [5, 5.41) is 11.5. The lowest BCUT2D eigenvalue weighted by molar-refractivity contribution is -0.118. The highest BCUT2D eigenvalue weighted by Gasteiger charge is 2.19. The van der Waals surface area contributed by atoms with Crippen LogP contribution in [0.5, 0.6) is 0 Å². The third-order valence-electron chi connectivity index (χ3n) is 2.83. The minimum atomic E-state index is -1.01. The van der Waals surface area contributed by atoms with Gasteiger partial charge in [-0.15, -0.1) is 0 Å². The second-order valence-corrected chi connectivity index (χ2v) is 4.27. The van der Waals surface area contributed by atoms with E-state index in [1.54, 1.807) is 12.1 Å². The summed E-state index contributed by atoms with van der Waals surface area (Å²) in [4.78, 5) is 22.5. The van der Waals surface area contributed by atoms with Gasteiger partial charge in [-0.25, -0.2) is 4.79 Å². The Balaban J connectivity index is 1.93. The van der Waals surface area contributed by atoms with Gasteiger partial charge in [-0.1, -0.05) is 6.07 Å². The normalized spacial score (nSPS) is 18.6. The first-order valence-corrected chi connectivity index (χ1v) is 5.90. The smallest absolute Gasteiger partial charge is 0.335 e. The van der Waals surface area contributed by atoms with Crippen LogP contribution in [-0.4, -0.2) is 29.7 Å². The summed E-state index contributed by atoms with van der Waals surface area (Å²) in [5.74, 6) is -1.16. The predicted molar refractivity (Wildman–Crippen MR) is 65.6 cm³/mol. The molecule has 96 valence electrons. The summed E-state index contributed by atoms with van der Waals surface area (Å²) in [6, 6.07) is 6.19. The Hall–Kier alpha value is -1.88. The highest BCUT2D eigenvalue weighted by molar-refractivity contribution is 5.94. The molecule has 18 heavy (non-hydrogen) atoms. The average molecular weight is 249 g/mol. The van der Waals surface area contributed by atoms with E-state index in [1.807, 2.05) is 0 Å². The van der Waals surface area contributed by atoms with Crippen LogP contribution < -0.4 is 5.32 Å². The van der Waals surface area contributed by atoms with Crippen LogP contribution in [0, 0.1) is 0 Å². The largest absolute Gasteiger partial charge is 0.478 e. The molecule has 0 radical (unpaired) electrons. The number of benzene rings is 1. The SMILES string of the molecule is O=C(CC1CCCO1)Nc1cccc(C(=O)O)c1. The van der Waals surface area contributed by atoms with Crippen LogP contribution >= 0.6 is 0 Å². The van der Waals surface area contributed by atoms with Crippen LogP contribution in [0.25, 0.3) is 0 Å². The number of ether oxygens (including phenoxy) is 1. The molecule has 1 aromatic carbocycles. The maximum absolute atomic E-state index is 11.7. The number of anilines is 1. The minimum Gasteiger partial charge on any atom is -0.478 e. The quantitative estimate of drug-likeness (QED) is 0.854. The van der Waals surface area contributed by atoms with Gasteiger partial charge in [0.2, 0.25) is 5.91 Å². The van der Waals surface area contributed by atoms with Gasteiger partial charge in [-0.05, 0) is 31.0 Å². The van der Waals surface area contributed by atoms with Gasteiger partial charge in [-0.2, -0.15) is 0 Å². The zero-order chi connectivity index (χ0) is 13.0.